The zero-order chi connectivity index (χ0) is 12.3. The lowest BCUT2D eigenvalue weighted by atomic mass is 9.91. The lowest BCUT2D eigenvalue weighted by Gasteiger charge is -2.13. The van der Waals surface area contributed by atoms with Gasteiger partial charge in [0, 0.05) is 0 Å². The van der Waals surface area contributed by atoms with Gasteiger partial charge < -0.3 is 5.11 Å². The number of fused-ring (bicyclic) bond motifs is 4. The number of hydrogen-bond acceptors (Lipinski definition) is 1. The van der Waals surface area contributed by atoms with Gasteiger partial charge in [-0.2, -0.15) is 0 Å². The number of carboxylic acid groups (broad SMARTS) is 1. The minimum Gasteiger partial charge on any atom is -0.478 e. The van der Waals surface area contributed by atoms with E-state index >= 15 is 0 Å². The molecule has 0 aromatic heterocycles. The Morgan fingerprint density at radius 3 is 2.78 bits per heavy atom. The van der Waals surface area contributed by atoms with Crippen LogP contribution < -0.4 is 0 Å². The van der Waals surface area contributed by atoms with Crippen LogP contribution in [0.15, 0.2) is 47.6 Å². The van der Waals surface area contributed by atoms with E-state index in [1.807, 2.05) is 18.2 Å². The highest BCUT2D eigenvalue weighted by Gasteiger charge is 2.24. The molecule has 0 saturated heterocycles. The summed E-state index contributed by atoms with van der Waals surface area (Å²) in [5, 5.41) is 11.1. The molecule has 0 spiro atoms. The second-order valence-corrected chi connectivity index (χ2v) is 4.79. The monoisotopic (exact) mass is 234 g/mol. The van der Waals surface area contributed by atoms with E-state index in [-0.39, 0.29) is 0 Å². The van der Waals surface area contributed by atoms with Crippen molar-refractivity contribution in [1.29, 1.82) is 0 Å². The van der Waals surface area contributed by atoms with Crippen molar-refractivity contribution < 1.29 is 9.90 Å². The minimum atomic E-state index is -0.866. The van der Waals surface area contributed by atoms with Crippen molar-refractivity contribution >= 4 is 22.8 Å². The van der Waals surface area contributed by atoms with Gasteiger partial charge in [0.2, 0.25) is 0 Å². The number of benzene rings is 2. The fourth-order valence-corrected chi connectivity index (χ4v) is 2.74. The molecule has 0 aliphatic heterocycles. The molecule has 2 nitrogen and oxygen atoms in total. The number of carboxylic acids is 1. The maximum absolute atomic E-state index is 11.2. The summed E-state index contributed by atoms with van der Waals surface area (Å²) in [7, 11) is 0. The summed E-state index contributed by atoms with van der Waals surface area (Å²) in [4.78, 5) is 11.2. The molecule has 0 fully saturated rings. The summed E-state index contributed by atoms with van der Waals surface area (Å²) < 4.78 is 0. The van der Waals surface area contributed by atoms with Crippen LogP contribution in [0.25, 0.3) is 16.8 Å². The second-order valence-electron chi connectivity index (χ2n) is 4.79. The third-order valence-corrected chi connectivity index (χ3v) is 3.72. The molecule has 2 heteroatoms. The fourth-order valence-electron chi connectivity index (χ4n) is 2.74. The highest BCUT2D eigenvalue weighted by molar-refractivity contribution is 6.07. The molecule has 2 aliphatic rings. The summed E-state index contributed by atoms with van der Waals surface area (Å²) in [5.74, 6) is -0.866. The normalized spacial score (nSPS) is 15.6. The van der Waals surface area contributed by atoms with E-state index < -0.39 is 5.97 Å². The molecular weight excluding hydrogens is 224 g/mol. The van der Waals surface area contributed by atoms with Crippen molar-refractivity contribution in [2.75, 3.05) is 0 Å². The molecular formula is C16H10O2. The predicted molar refractivity (Wildman–Crippen MR) is 70.7 cm³/mol. The van der Waals surface area contributed by atoms with Crippen LogP contribution in [0.4, 0.5) is 0 Å². The first-order chi connectivity index (χ1) is 8.74. The van der Waals surface area contributed by atoms with Gasteiger partial charge in [-0.25, -0.2) is 4.79 Å². The van der Waals surface area contributed by atoms with Crippen LogP contribution >= 0.6 is 0 Å². The van der Waals surface area contributed by atoms with Gasteiger partial charge in [0.15, 0.2) is 0 Å². The SMILES string of the molecule is O=C(O)c1cccc2c3c(ccc12)CC1=CC1=C3. The van der Waals surface area contributed by atoms with E-state index in [4.69, 9.17) is 0 Å². The van der Waals surface area contributed by atoms with Crippen LogP contribution in [0.1, 0.15) is 21.5 Å². The second kappa shape index (κ2) is 3.10. The standard InChI is InChI=1S/C16H10O2/c17-16(18)14-3-1-2-12-13(14)5-4-9-6-10-7-11(10)8-15(9)12/h1-5,7-8H,6H2,(H,17,18). The summed E-state index contributed by atoms with van der Waals surface area (Å²) in [6.07, 6.45) is 5.34. The summed E-state index contributed by atoms with van der Waals surface area (Å²) in [5.41, 5.74) is 5.58. The van der Waals surface area contributed by atoms with Crippen molar-refractivity contribution in [3.8, 4) is 0 Å². The van der Waals surface area contributed by atoms with E-state index in [1.54, 1.807) is 6.07 Å². The van der Waals surface area contributed by atoms with Gasteiger partial charge in [0.25, 0.3) is 0 Å². The van der Waals surface area contributed by atoms with Gasteiger partial charge in [-0.15, -0.1) is 0 Å². The quantitative estimate of drug-likeness (QED) is 0.820. The minimum absolute atomic E-state index is 0.378. The van der Waals surface area contributed by atoms with Crippen LogP contribution in [0.2, 0.25) is 0 Å². The Kier molecular flexibility index (Phi) is 1.67. The first kappa shape index (κ1) is 9.66. The summed E-state index contributed by atoms with van der Waals surface area (Å²) >= 11 is 0. The van der Waals surface area contributed by atoms with E-state index in [0.717, 1.165) is 17.2 Å². The molecule has 4 rings (SSSR count). The van der Waals surface area contributed by atoms with Gasteiger partial charge in [0.05, 0.1) is 5.56 Å². The number of rotatable bonds is 1. The highest BCUT2D eigenvalue weighted by atomic mass is 16.4. The lowest BCUT2D eigenvalue weighted by Crippen LogP contribution is -2.00. The van der Waals surface area contributed by atoms with Crippen molar-refractivity contribution in [2.24, 2.45) is 0 Å². The van der Waals surface area contributed by atoms with Crippen LogP contribution in [-0.2, 0) is 6.42 Å². The topological polar surface area (TPSA) is 37.3 Å². The fraction of sp³-hybridized carbons (Fsp3) is 0.0625. The van der Waals surface area contributed by atoms with E-state index in [9.17, 15) is 9.90 Å². The molecule has 0 amide bonds. The molecule has 1 N–H and O–H groups in total. The molecule has 2 aliphatic carbocycles. The van der Waals surface area contributed by atoms with Gasteiger partial charge >= 0.3 is 5.97 Å². The smallest absolute Gasteiger partial charge is 0.336 e. The predicted octanol–water partition coefficient (Wildman–Crippen LogP) is 3.42. The molecule has 0 saturated carbocycles. The van der Waals surface area contributed by atoms with Crippen LogP contribution in [0, 0.1) is 0 Å². The molecule has 0 atom stereocenters. The average molecular weight is 234 g/mol. The van der Waals surface area contributed by atoms with Crippen molar-refractivity contribution in [3.63, 3.8) is 0 Å². The molecule has 2 aromatic carbocycles. The Balaban J connectivity index is 2.09. The van der Waals surface area contributed by atoms with Crippen molar-refractivity contribution in [1.82, 2.24) is 0 Å². The number of hydrogen-bond donors (Lipinski definition) is 1. The molecule has 0 bridgehead atoms. The number of allylic oxidation sites excluding steroid dienone is 3. The number of carbonyl (C=O) groups is 1. The van der Waals surface area contributed by atoms with Crippen LogP contribution in [-0.4, -0.2) is 11.1 Å². The van der Waals surface area contributed by atoms with Gasteiger partial charge in [-0.1, -0.05) is 30.3 Å². The Morgan fingerprint density at radius 1 is 1.06 bits per heavy atom. The Morgan fingerprint density at radius 2 is 1.94 bits per heavy atom. The molecule has 18 heavy (non-hydrogen) atoms. The zero-order valence-corrected chi connectivity index (χ0v) is 9.60. The van der Waals surface area contributed by atoms with Gasteiger partial charge in [-0.05, 0) is 51.6 Å². The van der Waals surface area contributed by atoms with Crippen molar-refractivity contribution in [3.05, 3.63) is 64.2 Å². The molecule has 86 valence electrons. The van der Waals surface area contributed by atoms with E-state index in [1.165, 1.54) is 22.3 Å². The third-order valence-electron chi connectivity index (χ3n) is 3.72. The van der Waals surface area contributed by atoms with E-state index in [0.29, 0.717) is 5.56 Å². The molecule has 2 aromatic rings. The van der Waals surface area contributed by atoms with Gasteiger partial charge in [-0.3, -0.25) is 0 Å². The van der Waals surface area contributed by atoms with Crippen LogP contribution in [0.5, 0.6) is 0 Å². The average Bonchev–Trinajstić information content (AvgIpc) is 3.13. The van der Waals surface area contributed by atoms with Crippen molar-refractivity contribution in [2.45, 2.75) is 6.42 Å². The largest absolute Gasteiger partial charge is 0.478 e. The van der Waals surface area contributed by atoms with E-state index in [2.05, 4.69) is 18.2 Å². The Labute approximate surface area is 104 Å². The maximum atomic E-state index is 11.2. The lowest BCUT2D eigenvalue weighted by molar-refractivity contribution is 0.0699. The first-order valence-corrected chi connectivity index (χ1v) is 5.94. The summed E-state index contributed by atoms with van der Waals surface area (Å²) in [6.45, 7) is 0. The zero-order valence-electron chi connectivity index (χ0n) is 9.60. The Bertz CT molecular complexity index is 779. The molecule has 0 heterocycles. The first-order valence-electron chi connectivity index (χ1n) is 5.94. The maximum Gasteiger partial charge on any atom is 0.336 e. The highest BCUT2D eigenvalue weighted by Crippen LogP contribution is 2.41. The number of aromatic carboxylic acids is 1. The van der Waals surface area contributed by atoms with Crippen LogP contribution in [0.3, 0.4) is 0 Å². The van der Waals surface area contributed by atoms with Gasteiger partial charge in [0.1, 0.15) is 0 Å². The summed E-state index contributed by atoms with van der Waals surface area (Å²) in [6, 6.07) is 9.47. The third kappa shape index (κ3) is 1.20. The molecule has 0 unspecified atom stereocenters. The Hall–Kier alpha value is -2.35. The molecule has 0 radical (unpaired) electrons.